The quantitative estimate of drug-likeness (QED) is 0.249. The molecular weight excluding hydrogens is 400 g/mol. The molecule has 0 rings (SSSR count). The molecule has 0 saturated heterocycles. The summed E-state index contributed by atoms with van der Waals surface area (Å²) in [4.78, 5) is 0. The first-order valence-corrected chi connectivity index (χ1v) is 10.6. The van der Waals surface area contributed by atoms with Gasteiger partial charge in [-0.2, -0.15) is 21.0 Å². The Kier molecular flexibility index (Phi) is 20.8. The summed E-state index contributed by atoms with van der Waals surface area (Å²) < 4.78 is 29.0. The first-order chi connectivity index (χ1) is 15.2. The van der Waals surface area contributed by atoms with Crippen LogP contribution in [0.15, 0.2) is 0 Å². The highest BCUT2D eigenvalue weighted by Crippen LogP contribution is 2.16. The van der Waals surface area contributed by atoms with Crippen LogP contribution >= 0.6 is 0 Å². The van der Waals surface area contributed by atoms with Crippen LogP contribution in [-0.4, -0.2) is 65.1 Å². The Morgan fingerprint density at radius 2 is 1.00 bits per heavy atom. The Balaban J connectivity index is 5.06. The van der Waals surface area contributed by atoms with Crippen LogP contribution in [0, 0.1) is 45.3 Å². The average Bonchev–Trinajstić information content (AvgIpc) is 2.78. The molecule has 0 aromatic rings. The highest BCUT2D eigenvalue weighted by Gasteiger charge is 2.32. The maximum absolute atomic E-state index is 8.77. The summed E-state index contributed by atoms with van der Waals surface area (Å²) in [5.74, 6) is 0. The Morgan fingerprint density at radius 3 is 1.45 bits per heavy atom. The van der Waals surface area contributed by atoms with Gasteiger partial charge in [0.2, 0.25) is 0 Å². The van der Waals surface area contributed by atoms with Crippen LogP contribution in [-0.2, 0) is 23.7 Å². The molecule has 0 bridgehead atoms. The van der Waals surface area contributed by atoms with Crippen LogP contribution in [0.2, 0.25) is 0 Å². The van der Waals surface area contributed by atoms with E-state index < -0.39 is 18.3 Å². The minimum absolute atomic E-state index is 0.245. The van der Waals surface area contributed by atoms with E-state index in [2.05, 4.69) is 24.3 Å². The Labute approximate surface area is 186 Å². The summed E-state index contributed by atoms with van der Waals surface area (Å²) in [5, 5.41) is 34.8. The number of hydrogen-bond acceptors (Lipinski definition) is 9. The van der Waals surface area contributed by atoms with Gasteiger partial charge in [0, 0.05) is 59.2 Å². The monoisotopic (exact) mass is 434 g/mol. The van der Waals surface area contributed by atoms with Gasteiger partial charge in [-0.3, -0.25) is 0 Å². The zero-order chi connectivity index (χ0) is 23.0. The molecule has 0 aliphatic carbocycles. The zero-order valence-corrected chi connectivity index (χ0v) is 18.5. The van der Waals surface area contributed by atoms with Gasteiger partial charge in [0.25, 0.3) is 0 Å². The predicted molar refractivity (Wildman–Crippen MR) is 111 cm³/mol. The van der Waals surface area contributed by atoms with E-state index in [0.29, 0.717) is 77.8 Å². The highest BCUT2D eigenvalue weighted by atomic mass is 16.6. The second-order valence-corrected chi connectivity index (χ2v) is 6.72. The number of ether oxygens (including phenoxy) is 5. The topological polar surface area (TPSA) is 141 Å². The molecule has 0 aromatic heterocycles. The molecule has 3 unspecified atom stereocenters. The van der Waals surface area contributed by atoms with Crippen LogP contribution in [0.3, 0.4) is 0 Å². The third kappa shape index (κ3) is 16.2. The van der Waals surface area contributed by atoms with E-state index >= 15 is 0 Å². The largest absolute Gasteiger partial charge is 0.379 e. The summed E-state index contributed by atoms with van der Waals surface area (Å²) in [6.07, 6.45) is 2.64. The van der Waals surface area contributed by atoms with Crippen molar-refractivity contribution in [2.45, 2.75) is 69.7 Å². The third-order valence-corrected chi connectivity index (χ3v) is 4.26. The first kappa shape index (κ1) is 28.8. The number of unbranched alkanes of at least 4 members (excludes halogenated alkanes) is 4. The molecule has 31 heavy (non-hydrogen) atoms. The number of nitriles is 4. The van der Waals surface area contributed by atoms with Gasteiger partial charge in [-0.1, -0.05) is 0 Å². The van der Waals surface area contributed by atoms with Gasteiger partial charge >= 0.3 is 0 Å². The zero-order valence-electron chi connectivity index (χ0n) is 18.5. The molecule has 0 aliphatic rings. The van der Waals surface area contributed by atoms with E-state index in [-0.39, 0.29) is 13.2 Å². The summed E-state index contributed by atoms with van der Waals surface area (Å²) >= 11 is 0. The van der Waals surface area contributed by atoms with Crippen LogP contribution < -0.4 is 0 Å². The highest BCUT2D eigenvalue weighted by molar-refractivity contribution is 4.81. The predicted octanol–water partition coefficient (Wildman–Crippen LogP) is 3.02. The van der Waals surface area contributed by atoms with Crippen LogP contribution in [0.5, 0.6) is 0 Å². The van der Waals surface area contributed by atoms with Crippen molar-refractivity contribution < 1.29 is 23.7 Å². The second-order valence-electron chi connectivity index (χ2n) is 6.72. The molecule has 9 heteroatoms. The molecule has 0 saturated carbocycles. The maximum Gasteiger partial charge on any atom is 0.114 e. The first-order valence-electron chi connectivity index (χ1n) is 10.6. The Hall–Kier alpha value is -2.24. The molecule has 0 spiro atoms. The fourth-order valence-electron chi connectivity index (χ4n) is 2.65. The lowest BCUT2D eigenvalue weighted by Crippen LogP contribution is -2.47. The maximum atomic E-state index is 8.77. The third-order valence-electron chi connectivity index (χ3n) is 4.26. The summed E-state index contributed by atoms with van der Waals surface area (Å²) in [7, 11) is 1.56. The van der Waals surface area contributed by atoms with Crippen molar-refractivity contribution in [3.8, 4) is 24.3 Å². The van der Waals surface area contributed by atoms with Gasteiger partial charge < -0.3 is 23.7 Å². The van der Waals surface area contributed by atoms with Gasteiger partial charge in [0.15, 0.2) is 0 Å². The molecular formula is C22H34N4O5. The van der Waals surface area contributed by atoms with Gasteiger partial charge in [-0.15, -0.1) is 0 Å². The van der Waals surface area contributed by atoms with Crippen molar-refractivity contribution in [3.05, 3.63) is 0 Å². The molecule has 0 aromatic carbocycles. The molecule has 3 atom stereocenters. The van der Waals surface area contributed by atoms with E-state index in [0.717, 1.165) is 0 Å². The van der Waals surface area contributed by atoms with Crippen molar-refractivity contribution in [3.63, 3.8) is 0 Å². The molecule has 0 radical (unpaired) electrons. The number of methoxy groups -OCH3 is 1. The number of nitrogens with zero attached hydrogens (tertiary/aromatic N) is 4. The normalized spacial score (nSPS) is 13.3. The van der Waals surface area contributed by atoms with Gasteiger partial charge in [0.05, 0.1) is 37.5 Å². The van der Waals surface area contributed by atoms with E-state index in [4.69, 9.17) is 44.7 Å². The lowest BCUT2D eigenvalue weighted by atomic mass is 10.1. The average molecular weight is 435 g/mol. The van der Waals surface area contributed by atoms with Crippen LogP contribution in [0.4, 0.5) is 0 Å². The molecule has 0 N–H and O–H groups in total. The second kappa shape index (κ2) is 22.4. The van der Waals surface area contributed by atoms with Crippen LogP contribution in [0.25, 0.3) is 0 Å². The molecule has 0 aliphatic heterocycles. The smallest absolute Gasteiger partial charge is 0.114 e. The van der Waals surface area contributed by atoms with E-state index in [1.165, 1.54) is 0 Å². The van der Waals surface area contributed by atoms with Crippen molar-refractivity contribution in [1.29, 1.82) is 21.0 Å². The standard InChI is InChI=1S/C22H34N4O5/c1-27-20(18-28-14-6-2-10-23)22(31-17-9-5-13-26)21(30-16-8-4-12-25)19-29-15-7-3-11-24/h20-22H,2-9,14-19H2,1H3. The van der Waals surface area contributed by atoms with Crippen molar-refractivity contribution in [1.82, 2.24) is 0 Å². The van der Waals surface area contributed by atoms with Crippen molar-refractivity contribution in [2.24, 2.45) is 0 Å². The molecule has 9 nitrogen and oxygen atoms in total. The summed E-state index contributed by atoms with van der Waals surface area (Å²) in [5.41, 5.74) is 0. The fraction of sp³-hybridized carbons (Fsp3) is 0.818. The van der Waals surface area contributed by atoms with Gasteiger partial charge in [0.1, 0.15) is 18.3 Å². The van der Waals surface area contributed by atoms with Crippen molar-refractivity contribution in [2.75, 3.05) is 46.8 Å². The van der Waals surface area contributed by atoms with Gasteiger partial charge in [-0.05, 0) is 25.7 Å². The molecule has 172 valence electrons. The van der Waals surface area contributed by atoms with E-state index in [1.807, 2.05) is 0 Å². The fourth-order valence-corrected chi connectivity index (χ4v) is 2.65. The lowest BCUT2D eigenvalue weighted by Gasteiger charge is -2.32. The van der Waals surface area contributed by atoms with Gasteiger partial charge in [-0.25, -0.2) is 0 Å². The lowest BCUT2D eigenvalue weighted by molar-refractivity contribution is -0.162. The van der Waals surface area contributed by atoms with Crippen molar-refractivity contribution >= 4 is 0 Å². The Bertz CT molecular complexity index is 591. The minimum Gasteiger partial charge on any atom is -0.379 e. The number of hydrogen-bond donors (Lipinski definition) is 0. The Morgan fingerprint density at radius 1 is 0.581 bits per heavy atom. The van der Waals surface area contributed by atoms with E-state index in [9.17, 15) is 0 Å². The summed E-state index contributed by atoms with van der Waals surface area (Å²) in [6.45, 7) is 2.10. The molecule has 0 heterocycles. The summed E-state index contributed by atoms with van der Waals surface area (Å²) in [6, 6.07) is 8.35. The van der Waals surface area contributed by atoms with Crippen LogP contribution in [0.1, 0.15) is 51.4 Å². The SMILES string of the molecule is COC(COCCCC#N)C(OCCCC#N)C(COCCCC#N)OCCCC#N. The van der Waals surface area contributed by atoms with E-state index in [1.54, 1.807) is 7.11 Å². The minimum atomic E-state index is -0.502. The molecule has 0 fully saturated rings. The number of rotatable bonds is 21. The molecule has 0 amide bonds.